The third-order valence-electron chi connectivity index (χ3n) is 4.09. The van der Waals surface area contributed by atoms with E-state index in [-0.39, 0.29) is 0 Å². The minimum atomic E-state index is 0.596. The zero-order valence-corrected chi connectivity index (χ0v) is 11.6. The third-order valence-corrected chi connectivity index (χ3v) is 4.09. The van der Waals surface area contributed by atoms with E-state index in [0.717, 1.165) is 18.2 Å². The summed E-state index contributed by atoms with van der Waals surface area (Å²) in [6.45, 7) is 5.24. The summed E-state index contributed by atoms with van der Waals surface area (Å²) in [5.41, 5.74) is 4.09. The van der Waals surface area contributed by atoms with Crippen LogP contribution in [0.3, 0.4) is 0 Å². The zero-order valence-electron chi connectivity index (χ0n) is 11.6. The molecular formula is C16H21N3. The number of nitrogens with zero attached hydrogens (tertiary/aromatic N) is 2. The molecule has 3 heteroatoms. The molecule has 0 unspecified atom stereocenters. The normalized spacial score (nSPS) is 22.0. The first-order chi connectivity index (χ1) is 9.26. The van der Waals surface area contributed by atoms with Crippen molar-refractivity contribution in [1.29, 1.82) is 0 Å². The van der Waals surface area contributed by atoms with Crippen molar-refractivity contribution < 1.29 is 0 Å². The van der Waals surface area contributed by atoms with Crippen LogP contribution >= 0.6 is 0 Å². The van der Waals surface area contributed by atoms with Gasteiger partial charge in [0.2, 0.25) is 0 Å². The van der Waals surface area contributed by atoms with E-state index in [0.29, 0.717) is 6.04 Å². The molecule has 1 aliphatic carbocycles. The highest BCUT2D eigenvalue weighted by Gasteiger charge is 2.31. The molecule has 0 saturated heterocycles. The summed E-state index contributed by atoms with van der Waals surface area (Å²) in [4.78, 5) is 0. The lowest BCUT2D eigenvalue weighted by atomic mass is 9.74. The van der Waals surface area contributed by atoms with Crippen molar-refractivity contribution in [1.82, 2.24) is 9.78 Å². The summed E-state index contributed by atoms with van der Waals surface area (Å²) in [5.74, 6) is 0.722. The first kappa shape index (κ1) is 12.3. The lowest BCUT2D eigenvalue weighted by molar-refractivity contribution is 0.373. The summed E-state index contributed by atoms with van der Waals surface area (Å²) in [5, 5.41) is 7.86. The Morgan fingerprint density at radius 3 is 2.79 bits per heavy atom. The van der Waals surface area contributed by atoms with Gasteiger partial charge in [-0.1, -0.05) is 24.3 Å². The van der Waals surface area contributed by atoms with Crippen molar-refractivity contribution in [2.75, 3.05) is 5.32 Å². The molecule has 1 aromatic heterocycles. The first-order valence-corrected chi connectivity index (χ1v) is 7.10. The van der Waals surface area contributed by atoms with Crippen LogP contribution < -0.4 is 5.32 Å². The Hall–Kier alpha value is -1.77. The second-order valence-corrected chi connectivity index (χ2v) is 5.45. The highest BCUT2D eigenvalue weighted by Crippen LogP contribution is 2.39. The van der Waals surface area contributed by atoms with Crippen LogP contribution in [0.5, 0.6) is 0 Å². The van der Waals surface area contributed by atoms with Gasteiger partial charge < -0.3 is 5.32 Å². The van der Waals surface area contributed by atoms with E-state index >= 15 is 0 Å². The molecular weight excluding hydrogens is 234 g/mol. The third kappa shape index (κ3) is 2.50. The number of hydrogen-bond acceptors (Lipinski definition) is 2. The van der Waals surface area contributed by atoms with Gasteiger partial charge in [-0.05, 0) is 43.7 Å². The molecule has 1 aliphatic rings. The van der Waals surface area contributed by atoms with E-state index in [1.165, 1.54) is 24.0 Å². The summed E-state index contributed by atoms with van der Waals surface area (Å²) < 4.78 is 1.96. The largest absolute Gasteiger partial charge is 0.380 e. The second-order valence-electron chi connectivity index (χ2n) is 5.45. The zero-order chi connectivity index (χ0) is 13.2. The molecule has 1 N–H and O–H groups in total. The standard InChI is InChI=1S/C16H21N3/c1-3-19-11-15(10-17-19)18-14-8-13(9-14)16-7-5-4-6-12(16)2/h4-7,10-11,13-14,18H,3,8-9H2,1-2H3. The van der Waals surface area contributed by atoms with Crippen LogP contribution in [0.2, 0.25) is 0 Å². The molecule has 1 aromatic carbocycles. The lowest BCUT2D eigenvalue weighted by Crippen LogP contribution is -2.34. The van der Waals surface area contributed by atoms with E-state index in [1.807, 2.05) is 10.9 Å². The lowest BCUT2D eigenvalue weighted by Gasteiger charge is -2.37. The molecule has 1 saturated carbocycles. The summed E-state index contributed by atoms with van der Waals surface area (Å²) in [6, 6.07) is 9.34. The highest BCUT2D eigenvalue weighted by atomic mass is 15.3. The minimum absolute atomic E-state index is 0.596. The predicted octanol–water partition coefficient (Wildman–Crippen LogP) is 3.57. The average Bonchev–Trinajstić information content (AvgIpc) is 2.82. The Morgan fingerprint density at radius 2 is 2.11 bits per heavy atom. The number of hydrogen-bond donors (Lipinski definition) is 1. The van der Waals surface area contributed by atoms with E-state index in [9.17, 15) is 0 Å². The number of benzene rings is 1. The molecule has 100 valence electrons. The van der Waals surface area contributed by atoms with Crippen molar-refractivity contribution >= 4 is 5.69 Å². The van der Waals surface area contributed by atoms with Crippen molar-refractivity contribution in [3.63, 3.8) is 0 Å². The van der Waals surface area contributed by atoms with Crippen molar-refractivity contribution in [2.45, 2.75) is 45.2 Å². The Balaban J connectivity index is 1.57. The van der Waals surface area contributed by atoms with Gasteiger partial charge in [0.05, 0.1) is 11.9 Å². The molecule has 0 radical (unpaired) electrons. The summed E-state index contributed by atoms with van der Waals surface area (Å²) >= 11 is 0. The Kier molecular flexibility index (Phi) is 3.28. The fourth-order valence-corrected chi connectivity index (χ4v) is 2.88. The molecule has 0 amide bonds. The molecule has 3 rings (SSSR count). The smallest absolute Gasteiger partial charge is 0.0728 e. The molecule has 1 fully saturated rings. The van der Waals surface area contributed by atoms with E-state index in [1.54, 1.807) is 0 Å². The van der Waals surface area contributed by atoms with E-state index in [2.05, 4.69) is 54.7 Å². The Labute approximate surface area is 114 Å². The van der Waals surface area contributed by atoms with Crippen molar-refractivity contribution in [2.24, 2.45) is 0 Å². The van der Waals surface area contributed by atoms with Crippen LogP contribution in [-0.2, 0) is 6.54 Å². The topological polar surface area (TPSA) is 29.9 Å². The minimum Gasteiger partial charge on any atom is -0.380 e. The van der Waals surface area contributed by atoms with Crippen LogP contribution in [0.4, 0.5) is 5.69 Å². The van der Waals surface area contributed by atoms with Gasteiger partial charge in [-0.3, -0.25) is 4.68 Å². The first-order valence-electron chi connectivity index (χ1n) is 7.10. The number of anilines is 1. The van der Waals surface area contributed by atoms with Gasteiger partial charge in [0.15, 0.2) is 0 Å². The summed E-state index contributed by atoms with van der Waals surface area (Å²) in [7, 11) is 0. The van der Waals surface area contributed by atoms with E-state index < -0.39 is 0 Å². The summed E-state index contributed by atoms with van der Waals surface area (Å²) in [6.07, 6.45) is 6.45. The van der Waals surface area contributed by atoms with Crippen LogP contribution in [0.25, 0.3) is 0 Å². The molecule has 0 bridgehead atoms. The molecule has 19 heavy (non-hydrogen) atoms. The van der Waals surface area contributed by atoms with E-state index in [4.69, 9.17) is 0 Å². The van der Waals surface area contributed by atoms with Gasteiger partial charge >= 0.3 is 0 Å². The maximum atomic E-state index is 4.29. The monoisotopic (exact) mass is 255 g/mol. The number of aryl methyl sites for hydroxylation is 2. The number of nitrogens with one attached hydrogen (secondary N) is 1. The SMILES string of the molecule is CCn1cc(NC2CC(c3ccccc3C)C2)cn1. The average molecular weight is 255 g/mol. The molecule has 0 aliphatic heterocycles. The van der Waals surface area contributed by atoms with Crippen LogP contribution in [-0.4, -0.2) is 15.8 Å². The van der Waals surface area contributed by atoms with Gasteiger partial charge in [0, 0.05) is 18.8 Å². The molecule has 0 spiro atoms. The van der Waals surface area contributed by atoms with Gasteiger partial charge in [0.25, 0.3) is 0 Å². The van der Waals surface area contributed by atoms with Crippen LogP contribution in [0.15, 0.2) is 36.7 Å². The van der Waals surface area contributed by atoms with Gasteiger partial charge in [-0.15, -0.1) is 0 Å². The van der Waals surface area contributed by atoms with Gasteiger partial charge in [-0.25, -0.2) is 0 Å². The van der Waals surface area contributed by atoms with Crippen molar-refractivity contribution in [3.8, 4) is 0 Å². The maximum absolute atomic E-state index is 4.29. The predicted molar refractivity (Wildman–Crippen MR) is 78.5 cm³/mol. The maximum Gasteiger partial charge on any atom is 0.0728 e. The highest BCUT2D eigenvalue weighted by molar-refractivity contribution is 5.41. The Morgan fingerprint density at radius 1 is 1.32 bits per heavy atom. The number of aromatic nitrogens is 2. The fraction of sp³-hybridized carbons (Fsp3) is 0.438. The van der Waals surface area contributed by atoms with Crippen LogP contribution in [0.1, 0.15) is 36.8 Å². The number of rotatable bonds is 4. The van der Waals surface area contributed by atoms with Gasteiger partial charge in [-0.2, -0.15) is 5.10 Å². The van der Waals surface area contributed by atoms with Crippen molar-refractivity contribution in [3.05, 3.63) is 47.8 Å². The van der Waals surface area contributed by atoms with Crippen LogP contribution in [0, 0.1) is 6.92 Å². The second kappa shape index (κ2) is 5.08. The molecule has 0 atom stereocenters. The quantitative estimate of drug-likeness (QED) is 0.905. The van der Waals surface area contributed by atoms with Gasteiger partial charge in [0.1, 0.15) is 0 Å². The Bertz CT molecular complexity index is 553. The molecule has 3 nitrogen and oxygen atoms in total. The fourth-order valence-electron chi connectivity index (χ4n) is 2.88. The molecule has 1 heterocycles. The molecule has 2 aromatic rings.